The number of benzene rings is 2. The van der Waals surface area contributed by atoms with Crippen molar-refractivity contribution < 1.29 is 35.0 Å². The van der Waals surface area contributed by atoms with Gasteiger partial charge in [-0.2, -0.15) is 0 Å². The second-order valence-corrected chi connectivity index (χ2v) is 6.52. The van der Waals surface area contributed by atoms with Gasteiger partial charge in [-0.1, -0.05) is 12.1 Å². The van der Waals surface area contributed by atoms with Crippen LogP contribution in [0.1, 0.15) is 24.0 Å². The number of ether oxygens (including phenoxy) is 2. The maximum absolute atomic E-state index is 10.1. The van der Waals surface area contributed by atoms with Crippen LogP contribution in [0.2, 0.25) is 0 Å². The molecule has 0 radical (unpaired) electrons. The van der Waals surface area contributed by atoms with Crippen LogP contribution in [-0.2, 0) is 9.47 Å². The fraction of sp³-hybridized carbons (Fsp3) is 0.238. The molecule has 0 spiro atoms. The lowest BCUT2D eigenvalue weighted by molar-refractivity contribution is -0.0313. The van der Waals surface area contributed by atoms with Crippen molar-refractivity contribution in [3.8, 4) is 23.0 Å². The van der Waals surface area contributed by atoms with Crippen molar-refractivity contribution in [3.05, 3.63) is 60.0 Å². The van der Waals surface area contributed by atoms with Gasteiger partial charge in [0.15, 0.2) is 29.1 Å². The Morgan fingerprint density at radius 2 is 1.25 bits per heavy atom. The van der Waals surface area contributed by atoms with E-state index < -0.39 is 12.2 Å². The van der Waals surface area contributed by atoms with Crippen molar-refractivity contribution >= 4 is 12.2 Å². The van der Waals surface area contributed by atoms with E-state index in [9.17, 15) is 25.5 Å². The summed E-state index contributed by atoms with van der Waals surface area (Å²) in [7, 11) is 0. The van der Waals surface area contributed by atoms with Crippen molar-refractivity contribution in [2.75, 3.05) is 0 Å². The second kappa shape index (κ2) is 8.58. The molecule has 2 aromatic carbocycles. The maximum Gasteiger partial charge on any atom is 0.160 e. The molecule has 3 rings (SSSR count). The van der Waals surface area contributed by atoms with E-state index in [0.717, 1.165) is 0 Å². The highest BCUT2D eigenvalue weighted by molar-refractivity contribution is 5.55. The third-order valence-corrected chi connectivity index (χ3v) is 4.50. The molecular formula is C21H22O7. The molecule has 1 aliphatic rings. The van der Waals surface area contributed by atoms with Crippen LogP contribution in [0.5, 0.6) is 23.0 Å². The summed E-state index contributed by atoms with van der Waals surface area (Å²) in [6.07, 6.45) is 5.70. The molecule has 5 N–H and O–H groups in total. The molecule has 0 aliphatic heterocycles. The Labute approximate surface area is 162 Å². The molecule has 3 atom stereocenters. The lowest BCUT2D eigenvalue weighted by Gasteiger charge is -2.21. The average molecular weight is 386 g/mol. The summed E-state index contributed by atoms with van der Waals surface area (Å²) >= 11 is 0. The highest BCUT2D eigenvalue weighted by Crippen LogP contribution is 2.29. The van der Waals surface area contributed by atoms with Crippen LogP contribution >= 0.6 is 0 Å². The van der Waals surface area contributed by atoms with Gasteiger partial charge in [0.05, 0.1) is 18.6 Å². The molecule has 148 valence electrons. The third-order valence-electron chi connectivity index (χ3n) is 4.50. The second-order valence-electron chi connectivity index (χ2n) is 6.52. The summed E-state index contributed by atoms with van der Waals surface area (Å²) in [5.41, 5.74) is 1.28. The molecule has 0 heterocycles. The van der Waals surface area contributed by atoms with Crippen LogP contribution in [0, 0.1) is 0 Å². The Hall–Kier alpha value is -3.32. The molecule has 0 aromatic heterocycles. The first-order chi connectivity index (χ1) is 13.4. The summed E-state index contributed by atoms with van der Waals surface area (Å²) in [4.78, 5) is 0. The van der Waals surface area contributed by atoms with Crippen molar-refractivity contribution in [1.29, 1.82) is 0 Å². The van der Waals surface area contributed by atoms with Crippen LogP contribution in [0.25, 0.3) is 12.2 Å². The molecule has 1 aliphatic carbocycles. The van der Waals surface area contributed by atoms with E-state index in [0.29, 0.717) is 24.0 Å². The summed E-state index contributed by atoms with van der Waals surface area (Å²) in [5, 5.41) is 47.8. The fourth-order valence-corrected chi connectivity index (χ4v) is 2.95. The highest BCUT2D eigenvalue weighted by Gasteiger charge is 2.37. The Morgan fingerprint density at radius 1 is 0.714 bits per heavy atom. The van der Waals surface area contributed by atoms with Gasteiger partial charge in [0.25, 0.3) is 0 Å². The van der Waals surface area contributed by atoms with E-state index in [1.807, 2.05) is 0 Å². The van der Waals surface area contributed by atoms with Gasteiger partial charge in [-0.3, -0.25) is 0 Å². The van der Waals surface area contributed by atoms with E-state index in [1.165, 1.54) is 36.8 Å². The Bertz CT molecular complexity index is 875. The van der Waals surface area contributed by atoms with E-state index in [-0.39, 0.29) is 29.1 Å². The molecule has 0 saturated heterocycles. The normalized spacial score (nSPS) is 22.1. The number of rotatable bonds is 6. The summed E-state index contributed by atoms with van der Waals surface area (Å²) < 4.78 is 11.3. The molecular weight excluding hydrogens is 364 g/mol. The first kappa shape index (κ1) is 19.4. The zero-order valence-electron chi connectivity index (χ0n) is 15.0. The van der Waals surface area contributed by atoms with Gasteiger partial charge in [0, 0.05) is 0 Å². The summed E-state index contributed by atoms with van der Waals surface area (Å²) in [6, 6.07) is 8.79. The number of hydrogen-bond donors (Lipinski definition) is 5. The van der Waals surface area contributed by atoms with Crippen LogP contribution < -0.4 is 0 Å². The number of phenols is 4. The van der Waals surface area contributed by atoms with Crippen LogP contribution in [0.15, 0.2) is 48.9 Å². The average Bonchev–Trinajstić information content (AvgIpc) is 3.01. The first-order valence-electron chi connectivity index (χ1n) is 8.80. The third kappa shape index (κ3) is 4.69. The lowest BCUT2D eigenvalue weighted by atomic mass is 10.2. The Kier molecular flexibility index (Phi) is 5.96. The topological polar surface area (TPSA) is 120 Å². The van der Waals surface area contributed by atoms with Gasteiger partial charge in [-0.05, 0) is 60.4 Å². The van der Waals surface area contributed by atoms with Gasteiger partial charge in [0.2, 0.25) is 0 Å². The first-order valence-corrected chi connectivity index (χ1v) is 8.80. The highest BCUT2D eigenvalue weighted by atomic mass is 16.5. The zero-order chi connectivity index (χ0) is 20.1. The monoisotopic (exact) mass is 386 g/mol. The largest absolute Gasteiger partial charge is 0.504 e. The Morgan fingerprint density at radius 3 is 1.79 bits per heavy atom. The molecule has 28 heavy (non-hydrogen) atoms. The van der Waals surface area contributed by atoms with E-state index >= 15 is 0 Å². The van der Waals surface area contributed by atoms with Gasteiger partial charge in [0.1, 0.15) is 6.10 Å². The predicted octanol–water partition coefficient (Wildman–Crippen LogP) is 3.08. The smallest absolute Gasteiger partial charge is 0.160 e. The molecule has 2 aromatic rings. The molecule has 0 bridgehead atoms. The van der Waals surface area contributed by atoms with Gasteiger partial charge in [-0.15, -0.1) is 0 Å². The van der Waals surface area contributed by atoms with Gasteiger partial charge < -0.3 is 35.0 Å². The molecule has 1 fully saturated rings. The quantitative estimate of drug-likeness (QED) is 0.382. The van der Waals surface area contributed by atoms with Crippen molar-refractivity contribution in [1.82, 2.24) is 0 Å². The Balaban J connectivity index is 1.58. The van der Waals surface area contributed by atoms with E-state index in [1.54, 1.807) is 24.3 Å². The molecule has 7 heteroatoms. The number of aliphatic hydroxyl groups excluding tert-OH is 1. The molecule has 0 amide bonds. The molecule has 3 unspecified atom stereocenters. The predicted molar refractivity (Wildman–Crippen MR) is 103 cm³/mol. The summed E-state index contributed by atoms with van der Waals surface area (Å²) in [5.74, 6) is -0.842. The number of aliphatic hydroxyl groups is 1. The SMILES string of the molecule is Oc1ccc(C=COC2CCC(O)C2OC=Cc2ccc(O)c(O)c2)cc1O. The van der Waals surface area contributed by atoms with E-state index in [2.05, 4.69) is 0 Å². The van der Waals surface area contributed by atoms with Crippen LogP contribution in [-0.4, -0.2) is 43.8 Å². The van der Waals surface area contributed by atoms with Crippen molar-refractivity contribution in [3.63, 3.8) is 0 Å². The van der Waals surface area contributed by atoms with Crippen molar-refractivity contribution in [2.24, 2.45) is 0 Å². The van der Waals surface area contributed by atoms with Crippen LogP contribution in [0.4, 0.5) is 0 Å². The molecule has 7 nitrogen and oxygen atoms in total. The van der Waals surface area contributed by atoms with Gasteiger partial charge in [-0.25, -0.2) is 0 Å². The fourth-order valence-electron chi connectivity index (χ4n) is 2.95. The van der Waals surface area contributed by atoms with Crippen molar-refractivity contribution in [2.45, 2.75) is 31.2 Å². The summed E-state index contributed by atoms with van der Waals surface area (Å²) in [6.45, 7) is 0. The zero-order valence-corrected chi connectivity index (χ0v) is 15.0. The maximum atomic E-state index is 10.1. The minimum absolute atomic E-state index is 0.195. The van der Waals surface area contributed by atoms with Crippen LogP contribution in [0.3, 0.4) is 0 Å². The standard InChI is InChI=1S/C21H22O7/c22-15-3-1-13(11-18(15)25)7-9-27-20-6-5-17(24)21(20)28-10-8-14-2-4-16(23)19(26)12-14/h1-4,7-12,17,20-26H,5-6H2. The van der Waals surface area contributed by atoms with Gasteiger partial charge >= 0.3 is 0 Å². The molecule has 1 saturated carbocycles. The minimum atomic E-state index is -0.672. The minimum Gasteiger partial charge on any atom is -0.504 e. The van der Waals surface area contributed by atoms with E-state index in [4.69, 9.17) is 9.47 Å². The number of aromatic hydroxyl groups is 4. The number of phenolic OH excluding ortho intramolecular Hbond substituents is 4. The number of hydrogen-bond acceptors (Lipinski definition) is 7. The lowest BCUT2D eigenvalue weighted by Crippen LogP contribution is -2.31.